The minimum absolute atomic E-state index is 0.745. The van der Waals surface area contributed by atoms with Crippen LogP contribution in [-0.2, 0) is 11.2 Å². The van der Waals surface area contributed by atoms with Gasteiger partial charge in [0.1, 0.15) is 0 Å². The third-order valence-corrected chi connectivity index (χ3v) is 3.58. The highest BCUT2D eigenvalue weighted by molar-refractivity contribution is 7.81. The molecule has 0 aromatic heterocycles. The Hall–Kier alpha value is -0.740. The SMILES string of the molecule is CC1=CC=C2CN(C)S(=O)N=C2CC1. The summed E-state index contributed by atoms with van der Waals surface area (Å²) in [7, 11) is 1.83. The second-order valence-corrected chi connectivity index (χ2v) is 5.03. The summed E-state index contributed by atoms with van der Waals surface area (Å²) in [6, 6.07) is 0. The highest BCUT2D eigenvalue weighted by atomic mass is 32.2. The van der Waals surface area contributed by atoms with Gasteiger partial charge in [0, 0.05) is 13.6 Å². The van der Waals surface area contributed by atoms with E-state index in [1.165, 1.54) is 11.1 Å². The van der Waals surface area contributed by atoms with Crippen LogP contribution >= 0.6 is 0 Å². The first-order chi connectivity index (χ1) is 6.66. The zero-order valence-corrected chi connectivity index (χ0v) is 9.30. The lowest BCUT2D eigenvalue weighted by Gasteiger charge is -2.21. The normalized spacial score (nSPS) is 28.4. The van der Waals surface area contributed by atoms with Gasteiger partial charge in [-0.1, -0.05) is 17.7 Å². The van der Waals surface area contributed by atoms with Gasteiger partial charge in [-0.15, -0.1) is 0 Å². The molecular weight excluding hydrogens is 196 g/mol. The number of allylic oxidation sites excluding steroid dienone is 3. The van der Waals surface area contributed by atoms with Crippen molar-refractivity contribution in [1.82, 2.24) is 4.31 Å². The molecule has 4 heteroatoms. The van der Waals surface area contributed by atoms with Crippen LogP contribution in [0, 0.1) is 0 Å². The van der Waals surface area contributed by atoms with Crippen molar-refractivity contribution in [1.29, 1.82) is 0 Å². The smallest absolute Gasteiger partial charge is 0.217 e. The van der Waals surface area contributed by atoms with Crippen molar-refractivity contribution >= 4 is 16.9 Å². The van der Waals surface area contributed by atoms with Crippen LogP contribution < -0.4 is 0 Å². The molecule has 1 unspecified atom stereocenters. The average Bonchev–Trinajstić information content (AvgIpc) is 2.31. The number of hydrogen-bond acceptors (Lipinski definition) is 1. The van der Waals surface area contributed by atoms with E-state index in [4.69, 9.17) is 0 Å². The fourth-order valence-corrected chi connectivity index (χ4v) is 2.39. The lowest BCUT2D eigenvalue weighted by atomic mass is 10.1. The van der Waals surface area contributed by atoms with E-state index in [9.17, 15) is 4.21 Å². The van der Waals surface area contributed by atoms with Crippen LogP contribution in [0.1, 0.15) is 19.8 Å². The Kier molecular flexibility index (Phi) is 2.65. The van der Waals surface area contributed by atoms with Crippen molar-refractivity contribution in [3.05, 3.63) is 23.3 Å². The van der Waals surface area contributed by atoms with Crippen molar-refractivity contribution in [3.63, 3.8) is 0 Å². The van der Waals surface area contributed by atoms with Crippen molar-refractivity contribution in [2.24, 2.45) is 4.40 Å². The molecule has 1 atom stereocenters. The quantitative estimate of drug-likeness (QED) is 0.598. The molecule has 1 heterocycles. The largest absolute Gasteiger partial charge is 0.219 e. The van der Waals surface area contributed by atoms with E-state index in [-0.39, 0.29) is 0 Å². The van der Waals surface area contributed by atoms with E-state index >= 15 is 0 Å². The summed E-state index contributed by atoms with van der Waals surface area (Å²) in [5.74, 6) is 0. The van der Waals surface area contributed by atoms with E-state index in [0.29, 0.717) is 0 Å². The van der Waals surface area contributed by atoms with Crippen LogP contribution in [-0.4, -0.2) is 27.8 Å². The molecule has 1 aliphatic heterocycles. The first kappa shape index (κ1) is 9.80. The van der Waals surface area contributed by atoms with Crippen LogP contribution in [0.5, 0.6) is 0 Å². The summed E-state index contributed by atoms with van der Waals surface area (Å²) < 4.78 is 17.4. The van der Waals surface area contributed by atoms with E-state index in [1.54, 1.807) is 4.31 Å². The molecule has 1 aliphatic carbocycles. The summed E-state index contributed by atoms with van der Waals surface area (Å²) in [5.41, 5.74) is 3.60. The second kappa shape index (κ2) is 3.79. The van der Waals surface area contributed by atoms with Gasteiger partial charge in [-0.3, -0.25) is 0 Å². The standard InChI is InChI=1S/C10H14N2OS/c1-8-3-5-9-7-12(2)14(13)11-10(9)6-4-8/h3,5H,4,6-7H2,1-2H3. The van der Waals surface area contributed by atoms with Gasteiger partial charge in [0.05, 0.1) is 5.71 Å². The van der Waals surface area contributed by atoms with E-state index < -0.39 is 11.2 Å². The molecule has 0 amide bonds. The molecule has 2 rings (SSSR count). The third kappa shape index (κ3) is 1.86. The molecule has 0 aromatic rings. The van der Waals surface area contributed by atoms with Gasteiger partial charge >= 0.3 is 0 Å². The molecule has 0 N–H and O–H groups in total. The summed E-state index contributed by atoms with van der Waals surface area (Å²) in [5, 5.41) is 0. The molecule has 0 fully saturated rings. The molecule has 0 aromatic carbocycles. The second-order valence-electron chi connectivity index (χ2n) is 3.76. The molecule has 76 valence electrons. The lowest BCUT2D eigenvalue weighted by Crippen LogP contribution is -2.30. The zero-order chi connectivity index (χ0) is 10.1. The highest BCUT2D eigenvalue weighted by Crippen LogP contribution is 2.20. The molecular formula is C10H14N2OS. The topological polar surface area (TPSA) is 32.7 Å². The van der Waals surface area contributed by atoms with Gasteiger partial charge < -0.3 is 0 Å². The maximum Gasteiger partial charge on any atom is 0.219 e. The van der Waals surface area contributed by atoms with Crippen LogP contribution in [0.2, 0.25) is 0 Å². The molecule has 0 saturated carbocycles. The number of nitrogens with zero attached hydrogens (tertiary/aromatic N) is 2. The Morgan fingerprint density at radius 2 is 2.21 bits per heavy atom. The van der Waals surface area contributed by atoms with Crippen molar-refractivity contribution in [3.8, 4) is 0 Å². The van der Waals surface area contributed by atoms with Gasteiger partial charge in [0.15, 0.2) is 0 Å². The highest BCUT2D eigenvalue weighted by Gasteiger charge is 2.21. The van der Waals surface area contributed by atoms with Crippen LogP contribution in [0.4, 0.5) is 0 Å². The van der Waals surface area contributed by atoms with E-state index in [0.717, 1.165) is 25.1 Å². The molecule has 0 bridgehead atoms. The summed E-state index contributed by atoms with van der Waals surface area (Å²) in [4.78, 5) is 0. The number of likely N-dealkylation sites (N-methyl/N-ethyl adjacent to an activating group) is 1. The van der Waals surface area contributed by atoms with Gasteiger partial charge in [-0.25, -0.2) is 8.51 Å². The minimum Gasteiger partial charge on any atom is -0.217 e. The molecule has 0 spiro atoms. The minimum atomic E-state index is -1.16. The van der Waals surface area contributed by atoms with Gasteiger partial charge in [-0.05, 0) is 25.3 Å². The maximum atomic E-state index is 11.4. The first-order valence-corrected chi connectivity index (χ1v) is 5.80. The monoisotopic (exact) mass is 210 g/mol. The van der Waals surface area contributed by atoms with Crippen LogP contribution in [0.25, 0.3) is 0 Å². The lowest BCUT2D eigenvalue weighted by molar-refractivity contribution is 0.559. The Morgan fingerprint density at radius 1 is 1.43 bits per heavy atom. The average molecular weight is 210 g/mol. The van der Waals surface area contributed by atoms with E-state index in [1.807, 2.05) is 7.05 Å². The summed E-state index contributed by atoms with van der Waals surface area (Å²) in [6.07, 6.45) is 6.20. The van der Waals surface area contributed by atoms with Gasteiger partial charge in [-0.2, -0.15) is 4.40 Å². The fraction of sp³-hybridized carbons (Fsp3) is 0.500. The predicted octanol–water partition coefficient (Wildman–Crippen LogP) is 1.62. The molecule has 0 radical (unpaired) electrons. The number of fused-ring (bicyclic) bond motifs is 1. The van der Waals surface area contributed by atoms with Crippen molar-refractivity contribution in [2.75, 3.05) is 13.6 Å². The fourth-order valence-electron chi connectivity index (χ4n) is 1.61. The Balaban J connectivity index is 2.34. The maximum absolute atomic E-state index is 11.4. The molecule has 14 heavy (non-hydrogen) atoms. The summed E-state index contributed by atoms with van der Waals surface area (Å²) in [6.45, 7) is 2.87. The van der Waals surface area contributed by atoms with Crippen molar-refractivity contribution < 1.29 is 4.21 Å². The van der Waals surface area contributed by atoms with Crippen molar-refractivity contribution in [2.45, 2.75) is 19.8 Å². The van der Waals surface area contributed by atoms with Gasteiger partial charge in [0.2, 0.25) is 11.2 Å². The number of hydrogen-bond donors (Lipinski definition) is 0. The molecule has 0 saturated heterocycles. The number of rotatable bonds is 0. The van der Waals surface area contributed by atoms with Crippen LogP contribution in [0.3, 0.4) is 0 Å². The molecule has 2 aliphatic rings. The zero-order valence-electron chi connectivity index (χ0n) is 8.49. The van der Waals surface area contributed by atoms with Gasteiger partial charge in [0.25, 0.3) is 0 Å². The Bertz CT molecular complexity index is 368. The third-order valence-electron chi connectivity index (χ3n) is 2.54. The first-order valence-electron chi connectivity index (χ1n) is 4.74. The molecule has 3 nitrogen and oxygen atoms in total. The Labute approximate surface area is 86.9 Å². The summed E-state index contributed by atoms with van der Waals surface area (Å²) >= 11 is -1.16. The predicted molar refractivity (Wildman–Crippen MR) is 59.3 cm³/mol. The van der Waals surface area contributed by atoms with Crippen LogP contribution in [0.15, 0.2) is 27.7 Å². The van der Waals surface area contributed by atoms with E-state index in [2.05, 4.69) is 23.5 Å². The Morgan fingerprint density at radius 3 is 3.00 bits per heavy atom.